The third-order valence-corrected chi connectivity index (χ3v) is 2.46. The molecule has 0 radical (unpaired) electrons. The van der Waals surface area contributed by atoms with Crippen LogP contribution in [-0.2, 0) is 14.3 Å². The molecule has 6 heteroatoms. The lowest BCUT2D eigenvalue weighted by molar-refractivity contribution is -0.138. The van der Waals surface area contributed by atoms with Crippen LogP contribution < -0.4 is 0 Å². The van der Waals surface area contributed by atoms with Crippen LogP contribution in [0.5, 0.6) is 0 Å². The molecule has 0 aromatic rings. The monoisotopic (exact) mass is 261 g/mol. The van der Waals surface area contributed by atoms with Crippen LogP contribution in [0.4, 0.5) is 0 Å². The van der Waals surface area contributed by atoms with Gasteiger partial charge in [0, 0.05) is 19.4 Å². The van der Waals surface area contributed by atoms with E-state index in [0.717, 1.165) is 13.0 Å². The van der Waals surface area contributed by atoms with E-state index in [-0.39, 0.29) is 18.9 Å². The van der Waals surface area contributed by atoms with Crippen molar-refractivity contribution in [2.45, 2.75) is 38.2 Å². The highest BCUT2D eigenvalue weighted by molar-refractivity contribution is 5.67. The van der Waals surface area contributed by atoms with Crippen LogP contribution in [0.15, 0.2) is 0 Å². The largest absolute Gasteiger partial charge is 0.481 e. The predicted molar refractivity (Wildman–Crippen MR) is 66.7 cm³/mol. The van der Waals surface area contributed by atoms with Gasteiger partial charge in [-0.15, -0.1) is 0 Å². The predicted octanol–water partition coefficient (Wildman–Crippen LogP) is 1.05. The third-order valence-electron chi connectivity index (χ3n) is 2.46. The molecule has 0 bridgehead atoms. The highest BCUT2D eigenvalue weighted by Gasteiger charge is 2.13. The van der Waals surface area contributed by atoms with Crippen LogP contribution in [-0.4, -0.2) is 60.4 Å². The van der Waals surface area contributed by atoms with E-state index in [9.17, 15) is 9.59 Å². The van der Waals surface area contributed by atoms with Crippen molar-refractivity contribution >= 4 is 11.9 Å². The van der Waals surface area contributed by atoms with Crippen LogP contribution in [0, 0.1) is 0 Å². The molecule has 6 nitrogen and oxygen atoms in total. The molecule has 0 atom stereocenters. The molecule has 0 amide bonds. The maximum atomic E-state index is 10.5. The lowest BCUT2D eigenvalue weighted by atomic mass is 10.1. The van der Waals surface area contributed by atoms with Crippen molar-refractivity contribution in [3.8, 4) is 0 Å². The van der Waals surface area contributed by atoms with Gasteiger partial charge in [-0.2, -0.15) is 0 Å². The van der Waals surface area contributed by atoms with Crippen molar-refractivity contribution in [3.05, 3.63) is 0 Å². The molecule has 0 heterocycles. The Morgan fingerprint density at radius 2 is 1.61 bits per heavy atom. The summed E-state index contributed by atoms with van der Waals surface area (Å²) in [5.41, 5.74) is 0. The fraction of sp³-hybridized carbons (Fsp3) is 0.833. The number of nitrogens with zero attached hydrogens (tertiary/aromatic N) is 1. The minimum absolute atomic E-state index is 0.0119. The van der Waals surface area contributed by atoms with E-state index in [4.69, 9.17) is 14.9 Å². The number of aliphatic carboxylic acids is 2. The van der Waals surface area contributed by atoms with Gasteiger partial charge in [-0.1, -0.05) is 0 Å². The number of carboxylic acid groups (broad SMARTS) is 2. The Kier molecular flexibility index (Phi) is 9.22. The van der Waals surface area contributed by atoms with Crippen LogP contribution in [0.25, 0.3) is 0 Å². The molecular weight excluding hydrogens is 238 g/mol. The number of carboxylic acids is 2. The summed E-state index contributed by atoms with van der Waals surface area (Å²) >= 11 is 0. The Morgan fingerprint density at radius 3 is 2.00 bits per heavy atom. The first-order valence-electron chi connectivity index (χ1n) is 6.11. The minimum Gasteiger partial charge on any atom is -0.481 e. The first-order chi connectivity index (χ1) is 8.41. The zero-order valence-electron chi connectivity index (χ0n) is 11.1. The van der Waals surface area contributed by atoms with Gasteiger partial charge in [-0.3, -0.25) is 9.59 Å². The Labute approximate surface area is 108 Å². The summed E-state index contributed by atoms with van der Waals surface area (Å²) < 4.78 is 5.54. The zero-order chi connectivity index (χ0) is 14.0. The molecule has 0 aromatic heterocycles. The van der Waals surface area contributed by atoms with Crippen molar-refractivity contribution in [2.24, 2.45) is 0 Å². The molecule has 0 rings (SSSR count). The van der Waals surface area contributed by atoms with Crippen molar-refractivity contribution in [1.29, 1.82) is 0 Å². The van der Waals surface area contributed by atoms with Gasteiger partial charge in [0.25, 0.3) is 0 Å². The third kappa shape index (κ3) is 11.3. The summed E-state index contributed by atoms with van der Waals surface area (Å²) in [6.45, 7) is 1.42. The first kappa shape index (κ1) is 16.9. The summed E-state index contributed by atoms with van der Waals surface area (Å²) in [7, 11) is 3.93. The highest BCUT2D eigenvalue weighted by Crippen LogP contribution is 2.10. The van der Waals surface area contributed by atoms with Gasteiger partial charge in [0.05, 0.1) is 6.10 Å². The molecule has 0 aromatic carbocycles. The molecule has 106 valence electrons. The Balaban J connectivity index is 3.87. The number of hydrogen-bond acceptors (Lipinski definition) is 4. The molecule has 0 unspecified atom stereocenters. The Morgan fingerprint density at radius 1 is 1.11 bits per heavy atom. The van der Waals surface area contributed by atoms with E-state index in [1.807, 2.05) is 19.0 Å². The zero-order valence-corrected chi connectivity index (χ0v) is 11.1. The summed E-state index contributed by atoms with van der Waals surface area (Å²) in [5.74, 6) is -1.76. The first-order valence-corrected chi connectivity index (χ1v) is 6.11. The second kappa shape index (κ2) is 9.85. The molecule has 2 N–H and O–H groups in total. The van der Waals surface area contributed by atoms with Gasteiger partial charge in [0.15, 0.2) is 0 Å². The van der Waals surface area contributed by atoms with Crippen molar-refractivity contribution in [3.63, 3.8) is 0 Å². The Hall–Kier alpha value is -1.14. The van der Waals surface area contributed by atoms with Gasteiger partial charge in [-0.25, -0.2) is 0 Å². The van der Waals surface area contributed by atoms with Gasteiger partial charge in [0.1, 0.15) is 0 Å². The molecule has 0 saturated heterocycles. The fourth-order valence-corrected chi connectivity index (χ4v) is 1.51. The van der Waals surface area contributed by atoms with Crippen LogP contribution in [0.3, 0.4) is 0 Å². The van der Waals surface area contributed by atoms with E-state index in [0.29, 0.717) is 19.4 Å². The summed E-state index contributed by atoms with van der Waals surface area (Å²) in [6.07, 6.45) is 1.33. The van der Waals surface area contributed by atoms with Crippen molar-refractivity contribution in [1.82, 2.24) is 4.90 Å². The van der Waals surface area contributed by atoms with E-state index >= 15 is 0 Å². The van der Waals surface area contributed by atoms with E-state index in [2.05, 4.69) is 0 Å². The number of rotatable bonds is 11. The SMILES string of the molecule is CN(C)CCCOC(CCC(=O)O)CCC(=O)O. The number of ether oxygens (including phenoxy) is 1. The smallest absolute Gasteiger partial charge is 0.303 e. The normalized spacial score (nSPS) is 11.1. The standard InChI is InChI=1S/C12H23NO5/c1-13(2)8-3-9-18-10(4-6-11(14)15)5-7-12(16)17/h10H,3-9H2,1-2H3,(H,14,15)(H,16,17). The molecule has 18 heavy (non-hydrogen) atoms. The second-order valence-electron chi connectivity index (χ2n) is 4.51. The summed E-state index contributed by atoms with van der Waals surface area (Å²) in [6, 6.07) is 0. The maximum absolute atomic E-state index is 10.5. The topological polar surface area (TPSA) is 87.1 Å². The number of carbonyl (C=O) groups is 2. The van der Waals surface area contributed by atoms with Crippen LogP contribution >= 0.6 is 0 Å². The van der Waals surface area contributed by atoms with Gasteiger partial charge in [-0.05, 0) is 39.9 Å². The molecule has 0 spiro atoms. The maximum Gasteiger partial charge on any atom is 0.303 e. The molecular formula is C12H23NO5. The molecule has 0 aliphatic heterocycles. The minimum atomic E-state index is -0.882. The molecule has 0 fully saturated rings. The highest BCUT2D eigenvalue weighted by atomic mass is 16.5. The average molecular weight is 261 g/mol. The number of hydrogen-bond donors (Lipinski definition) is 2. The van der Waals surface area contributed by atoms with E-state index < -0.39 is 11.9 Å². The van der Waals surface area contributed by atoms with E-state index in [1.54, 1.807) is 0 Å². The van der Waals surface area contributed by atoms with Crippen LogP contribution in [0.1, 0.15) is 32.1 Å². The lowest BCUT2D eigenvalue weighted by Crippen LogP contribution is -2.20. The molecule has 0 aliphatic carbocycles. The lowest BCUT2D eigenvalue weighted by Gasteiger charge is -2.17. The summed E-state index contributed by atoms with van der Waals surface area (Å²) in [4.78, 5) is 23.0. The van der Waals surface area contributed by atoms with Crippen LogP contribution in [0.2, 0.25) is 0 Å². The summed E-state index contributed by atoms with van der Waals surface area (Å²) in [5, 5.41) is 17.2. The quantitative estimate of drug-likeness (QED) is 0.541. The van der Waals surface area contributed by atoms with Gasteiger partial charge >= 0.3 is 11.9 Å². The van der Waals surface area contributed by atoms with Gasteiger partial charge in [0.2, 0.25) is 0 Å². The molecule has 0 saturated carbocycles. The fourth-order valence-electron chi connectivity index (χ4n) is 1.51. The van der Waals surface area contributed by atoms with E-state index in [1.165, 1.54) is 0 Å². The van der Waals surface area contributed by atoms with Gasteiger partial charge < -0.3 is 19.8 Å². The van der Waals surface area contributed by atoms with Crippen molar-refractivity contribution < 1.29 is 24.5 Å². The average Bonchev–Trinajstić information content (AvgIpc) is 2.25. The Bertz CT molecular complexity index is 237. The molecule has 0 aliphatic rings. The van der Waals surface area contributed by atoms with Crippen molar-refractivity contribution in [2.75, 3.05) is 27.2 Å². The second-order valence-corrected chi connectivity index (χ2v) is 4.51.